The Balaban J connectivity index is 2.28. The van der Waals surface area contributed by atoms with Crippen LogP contribution in [0.25, 0.3) is 0 Å². The van der Waals surface area contributed by atoms with Crippen molar-refractivity contribution in [1.29, 1.82) is 0 Å². The summed E-state index contributed by atoms with van der Waals surface area (Å²) < 4.78 is 4.69. The largest absolute Gasteiger partial charge is 0.469 e. The van der Waals surface area contributed by atoms with Gasteiger partial charge in [0.1, 0.15) is 0 Å². The van der Waals surface area contributed by atoms with Crippen LogP contribution >= 0.6 is 23.2 Å². The van der Waals surface area contributed by atoms with Crippen molar-refractivity contribution in [3.05, 3.63) is 69.7 Å². The molecule has 0 saturated carbocycles. The predicted molar refractivity (Wildman–Crippen MR) is 89.7 cm³/mol. The Hall–Kier alpha value is -2.04. The van der Waals surface area contributed by atoms with Gasteiger partial charge in [-0.3, -0.25) is 9.59 Å². The smallest absolute Gasteiger partial charge is 0.307 e. The number of esters is 1. The zero-order chi connectivity index (χ0) is 16.8. The van der Waals surface area contributed by atoms with Crippen LogP contribution in [0.2, 0.25) is 10.0 Å². The van der Waals surface area contributed by atoms with Crippen LogP contribution in [0.4, 0.5) is 0 Å². The summed E-state index contributed by atoms with van der Waals surface area (Å²) >= 11 is 12.2. The highest BCUT2D eigenvalue weighted by Crippen LogP contribution is 2.26. The van der Waals surface area contributed by atoms with E-state index in [9.17, 15) is 9.59 Å². The summed E-state index contributed by atoms with van der Waals surface area (Å²) in [6.07, 6.45) is -0.0313. The zero-order valence-electron chi connectivity index (χ0n) is 12.4. The molecule has 1 atom stereocenters. The average molecular weight is 352 g/mol. The van der Waals surface area contributed by atoms with Crippen LogP contribution in [-0.4, -0.2) is 19.0 Å². The molecule has 0 bridgehead atoms. The quantitative estimate of drug-likeness (QED) is 0.827. The maximum atomic E-state index is 12.4. The second-order valence-corrected chi connectivity index (χ2v) is 5.62. The molecule has 0 aromatic heterocycles. The van der Waals surface area contributed by atoms with Gasteiger partial charge in [0, 0.05) is 5.02 Å². The third-order valence-electron chi connectivity index (χ3n) is 3.30. The van der Waals surface area contributed by atoms with Crippen molar-refractivity contribution < 1.29 is 14.3 Å². The Morgan fingerprint density at radius 1 is 1.04 bits per heavy atom. The van der Waals surface area contributed by atoms with E-state index in [0.717, 1.165) is 0 Å². The minimum atomic E-state index is -0.611. The van der Waals surface area contributed by atoms with Crippen molar-refractivity contribution in [3.8, 4) is 0 Å². The van der Waals surface area contributed by atoms with E-state index < -0.39 is 12.0 Å². The Morgan fingerprint density at radius 2 is 1.65 bits per heavy atom. The van der Waals surface area contributed by atoms with Gasteiger partial charge in [-0.05, 0) is 23.8 Å². The summed E-state index contributed by atoms with van der Waals surface area (Å²) in [5.41, 5.74) is 0.969. The number of halogens is 2. The van der Waals surface area contributed by atoms with E-state index in [1.807, 2.05) is 0 Å². The molecule has 0 heterocycles. The van der Waals surface area contributed by atoms with Crippen molar-refractivity contribution >= 4 is 35.1 Å². The van der Waals surface area contributed by atoms with Crippen LogP contribution in [0.5, 0.6) is 0 Å². The topological polar surface area (TPSA) is 55.4 Å². The van der Waals surface area contributed by atoms with Crippen molar-refractivity contribution in [3.63, 3.8) is 0 Å². The van der Waals surface area contributed by atoms with E-state index in [2.05, 4.69) is 5.32 Å². The molecule has 2 rings (SSSR count). The SMILES string of the molecule is COC(=O)CC(NC(=O)c1ccccc1Cl)c1ccccc1Cl. The number of methoxy groups -OCH3 is 1. The summed E-state index contributed by atoms with van der Waals surface area (Å²) in [5.74, 6) is -0.834. The highest BCUT2D eigenvalue weighted by Gasteiger charge is 2.22. The lowest BCUT2D eigenvalue weighted by Crippen LogP contribution is -2.30. The van der Waals surface area contributed by atoms with E-state index in [1.54, 1.807) is 48.5 Å². The van der Waals surface area contributed by atoms with Gasteiger partial charge < -0.3 is 10.1 Å². The van der Waals surface area contributed by atoms with Gasteiger partial charge in [-0.2, -0.15) is 0 Å². The van der Waals surface area contributed by atoms with Crippen molar-refractivity contribution in [2.45, 2.75) is 12.5 Å². The number of rotatable bonds is 5. The van der Waals surface area contributed by atoms with Crippen molar-refractivity contribution in [1.82, 2.24) is 5.32 Å². The normalized spacial score (nSPS) is 11.6. The first-order valence-corrected chi connectivity index (χ1v) is 7.65. The summed E-state index contributed by atoms with van der Waals surface area (Å²) in [6, 6.07) is 13.1. The number of hydrogen-bond donors (Lipinski definition) is 1. The number of hydrogen-bond acceptors (Lipinski definition) is 3. The molecule has 2 aromatic carbocycles. The standard InChI is InChI=1S/C17H15Cl2NO3/c1-23-16(21)10-15(11-6-2-4-8-13(11)18)20-17(22)12-7-3-5-9-14(12)19/h2-9,15H,10H2,1H3,(H,20,22). The molecule has 0 saturated heterocycles. The Labute approximate surface area is 144 Å². The molecule has 0 aliphatic carbocycles. The molecule has 1 unspecified atom stereocenters. The van der Waals surface area contributed by atoms with E-state index in [1.165, 1.54) is 7.11 Å². The van der Waals surface area contributed by atoms with Gasteiger partial charge in [-0.25, -0.2) is 0 Å². The first-order valence-electron chi connectivity index (χ1n) is 6.89. The van der Waals surface area contributed by atoms with Crippen LogP contribution in [0, 0.1) is 0 Å². The van der Waals surface area contributed by atoms with E-state index in [4.69, 9.17) is 27.9 Å². The third kappa shape index (κ3) is 4.47. The maximum absolute atomic E-state index is 12.4. The first kappa shape index (κ1) is 17.3. The van der Waals surface area contributed by atoms with E-state index in [0.29, 0.717) is 21.2 Å². The molecule has 23 heavy (non-hydrogen) atoms. The monoisotopic (exact) mass is 351 g/mol. The number of amides is 1. The Morgan fingerprint density at radius 3 is 2.26 bits per heavy atom. The summed E-state index contributed by atoms with van der Waals surface area (Å²) in [5, 5.41) is 3.58. The van der Waals surface area contributed by atoms with Gasteiger partial charge in [0.15, 0.2) is 0 Å². The maximum Gasteiger partial charge on any atom is 0.307 e. The van der Waals surface area contributed by atoms with Crippen LogP contribution in [0.15, 0.2) is 48.5 Å². The molecule has 0 aliphatic heterocycles. The summed E-state index contributed by atoms with van der Waals surface area (Å²) in [6.45, 7) is 0. The summed E-state index contributed by atoms with van der Waals surface area (Å²) in [4.78, 5) is 24.1. The minimum Gasteiger partial charge on any atom is -0.469 e. The third-order valence-corrected chi connectivity index (χ3v) is 3.98. The van der Waals surface area contributed by atoms with Crippen LogP contribution in [-0.2, 0) is 9.53 Å². The average Bonchev–Trinajstić information content (AvgIpc) is 2.55. The molecule has 0 radical (unpaired) electrons. The van der Waals surface area contributed by atoms with Gasteiger partial charge in [0.2, 0.25) is 0 Å². The molecular weight excluding hydrogens is 337 g/mol. The minimum absolute atomic E-state index is 0.0313. The Kier molecular flexibility index (Phi) is 6.02. The Bertz CT molecular complexity index is 718. The number of carbonyl (C=O) groups excluding carboxylic acids is 2. The fourth-order valence-corrected chi connectivity index (χ4v) is 2.62. The van der Waals surface area contributed by atoms with E-state index >= 15 is 0 Å². The molecule has 2 aromatic rings. The molecule has 1 amide bonds. The van der Waals surface area contributed by atoms with Crippen LogP contribution in [0.3, 0.4) is 0 Å². The fraction of sp³-hybridized carbons (Fsp3) is 0.176. The van der Waals surface area contributed by atoms with Gasteiger partial charge in [0.05, 0.1) is 30.2 Å². The first-order chi connectivity index (χ1) is 11.0. The van der Waals surface area contributed by atoms with Gasteiger partial charge in [-0.1, -0.05) is 53.5 Å². The molecule has 6 heteroatoms. The van der Waals surface area contributed by atoms with Gasteiger partial charge in [-0.15, -0.1) is 0 Å². The number of ether oxygens (including phenoxy) is 1. The number of nitrogens with one attached hydrogen (secondary N) is 1. The highest BCUT2D eigenvalue weighted by atomic mass is 35.5. The number of carbonyl (C=O) groups is 2. The molecule has 4 nitrogen and oxygen atoms in total. The van der Waals surface area contributed by atoms with Crippen LogP contribution in [0.1, 0.15) is 28.4 Å². The molecule has 0 aliphatic rings. The summed E-state index contributed by atoms with van der Waals surface area (Å²) in [7, 11) is 1.29. The highest BCUT2D eigenvalue weighted by molar-refractivity contribution is 6.34. The lowest BCUT2D eigenvalue weighted by Gasteiger charge is -2.19. The molecule has 120 valence electrons. The zero-order valence-corrected chi connectivity index (χ0v) is 13.9. The predicted octanol–water partition coefficient (Wildman–Crippen LogP) is 4.03. The molecule has 1 N–H and O–H groups in total. The molecular formula is C17H15Cl2NO3. The lowest BCUT2D eigenvalue weighted by molar-refractivity contribution is -0.141. The van der Waals surface area contributed by atoms with Crippen molar-refractivity contribution in [2.75, 3.05) is 7.11 Å². The lowest BCUT2D eigenvalue weighted by atomic mass is 10.0. The van der Waals surface area contributed by atoms with Crippen LogP contribution < -0.4 is 5.32 Å². The van der Waals surface area contributed by atoms with Crippen molar-refractivity contribution in [2.24, 2.45) is 0 Å². The van der Waals surface area contributed by atoms with E-state index in [-0.39, 0.29) is 12.3 Å². The second kappa shape index (κ2) is 7.99. The number of benzene rings is 2. The molecule has 0 fully saturated rings. The molecule has 0 spiro atoms. The van der Waals surface area contributed by atoms with Gasteiger partial charge in [0.25, 0.3) is 5.91 Å². The fourth-order valence-electron chi connectivity index (χ4n) is 2.13. The van der Waals surface area contributed by atoms with Gasteiger partial charge >= 0.3 is 5.97 Å². The second-order valence-electron chi connectivity index (χ2n) is 4.81.